The summed E-state index contributed by atoms with van der Waals surface area (Å²) in [5.74, 6) is -0.227. The molecule has 0 radical (unpaired) electrons. The molecule has 1 atom stereocenters. The second-order valence-electron chi connectivity index (χ2n) is 5.16. The van der Waals surface area contributed by atoms with Crippen molar-refractivity contribution in [3.63, 3.8) is 0 Å². The summed E-state index contributed by atoms with van der Waals surface area (Å²) in [7, 11) is 0. The van der Waals surface area contributed by atoms with E-state index in [9.17, 15) is 4.39 Å². The zero-order valence-electron chi connectivity index (χ0n) is 12.1. The SMILES string of the molecule is Cc1cc(-n2nc(C)c(C)c2C)c(C(C)N)cc1F. The van der Waals surface area contributed by atoms with Crippen molar-refractivity contribution >= 4 is 0 Å². The maximum absolute atomic E-state index is 13.7. The molecule has 102 valence electrons. The molecule has 2 aromatic rings. The van der Waals surface area contributed by atoms with Crippen LogP contribution in [0.3, 0.4) is 0 Å². The molecule has 19 heavy (non-hydrogen) atoms. The predicted octanol–water partition coefficient (Wildman–Crippen LogP) is 3.26. The third kappa shape index (κ3) is 2.28. The summed E-state index contributed by atoms with van der Waals surface area (Å²) >= 11 is 0. The molecule has 0 saturated carbocycles. The Kier molecular flexibility index (Phi) is 3.45. The molecule has 0 spiro atoms. The van der Waals surface area contributed by atoms with Crippen LogP contribution in [0.15, 0.2) is 12.1 Å². The fourth-order valence-corrected chi connectivity index (χ4v) is 2.18. The van der Waals surface area contributed by atoms with Crippen molar-refractivity contribution in [3.05, 3.63) is 46.0 Å². The molecular formula is C15H20FN3. The van der Waals surface area contributed by atoms with Gasteiger partial charge in [-0.15, -0.1) is 0 Å². The van der Waals surface area contributed by atoms with Crippen LogP contribution in [0, 0.1) is 33.5 Å². The molecule has 3 nitrogen and oxygen atoms in total. The molecule has 1 unspecified atom stereocenters. The molecule has 2 rings (SSSR count). The lowest BCUT2D eigenvalue weighted by molar-refractivity contribution is 0.610. The van der Waals surface area contributed by atoms with E-state index >= 15 is 0 Å². The zero-order valence-corrected chi connectivity index (χ0v) is 12.1. The van der Waals surface area contributed by atoms with E-state index in [1.165, 1.54) is 6.07 Å². The van der Waals surface area contributed by atoms with E-state index in [1.54, 1.807) is 6.92 Å². The first-order chi connectivity index (χ1) is 8.82. The van der Waals surface area contributed by atoms with Crippen molar-refractivity contribution in [2.24, 2.45) is 5.73 Å². The van der Waals surface area contributed by atoms with E-state index in [2.05, 4.69) is 5.10 Å². The van der Waals surface area contributed by atoms with Gasteiger partial charge in [-0.2, -0.15) is 5.10 Å². The highest BCUT2D eigenvalue weighted by Gasteiger charge is 2.16. The smallest absolute Gasteiger partial charge is 0.126 e. The number of benzene rings is 1. The summed E-state index contributed by atoms with van der Waals surface area (Å²) in [5, 5.41) is 4.53. The maximum Gasteiger partial charge on any atom is 0.126 e. The monoisotopic (exact) mass is 261 g/mol. The van der Waals surface area contributed by atoms with Gasteiger partial charge in [0.05, 0.1) is 11.4 Å². The highest BCUT2D eigenvalue weighted by Crippen LogP contribution is 2.26. The molecule has 0 aliphatic carbocycles. The number of nitrogens with zero attached hydrogens (tertiary/aromatic N) is 2. The van der Waals surface area contributed by atoms with Gasteiger partial charge < -0.3 is 5.73 Å². The van der Waals surface area contributed by atoms with Crippen LogP contribution in [-0.4, -0.2) is 9.78 Å². The van der Waals surface area contributed by atoms with Crippen molar-refractivity contribution in [1.82, 2.24) is 9.78 Å². The van der Waals surface area contributed by atoms with Crippen LogP contribution in [0.4, 0.5) is 4.39 Å². The third-order valence-corrected chi connectivity index (χ3v) is 3.68. The lowest BCUT2D eigenvalue weighted by atomic mass is 10.0. The van der Waals surface area contributed by atoms with Crippen LogP contribution in [0.2, 0.25) is 0 Å². The minimum absolute atomic E-state index is 0.227. The number of halogens is 1. The van der Waals surface area contributed by atoms with E-state index in [-0.39, 0.29) is 11.9 Å². The molecule has 0 aliphatic heterocycles. The minimum Gasteiger partial charge on any atom is -0.324 e. The van der Waals surface area contributed by atoms with E-state index in [1.807, 2.05) is 38.4 Å². The second-order valence-corrected chi connectivity index (χ2v) is 5.16. The molecule has 4 heteroatoms. The largest absolute Gasteiger partial charge is 0.324 e. The number of aryl methyl sites for hydroxylation is 2. The highest BCUT2D eigenvalue weighted by atomic mass is 19.1. The van der Waals surface area contributed by atoms with Crippen LogP contribution in [0.1, 0.15) is 41.0 Å². The molecule has 1 aromatic carbocycles. The molecule has 0 fully saturated rings. The molecule has 0 saturated heterocycles. The van der Waals surface area contributed by atoms with Gasteiger partial charge in [-0.1, -0.05) is 0 Å². The first-order valence-corrected chi connectivity index (χ1v) is 6.41. The second kappa shape index (κ2) is 4.78. The van der Waals surface area contributed by atoms with E-state index in [4.69, 9.17) is 5.73 Å². The Bertz CT molecular complexity index is 627. The fourth-order valence-electron chi connectivity index (χ4n) is 2.18. The van der Waals surface area contributed by atoms with Crippen molar-refractivity contribution < 1.29 is 4.39 Å². The quantitative estimate of drug-likeness (QED) is 0.901. The van der Waals surface area contributed by atoms with Gasteiger partial charge in [0.1, 0.15) is 5.82 Å². The van der Waals surface area contributed by atoms with Crippen LogP contribution in [-0.2, 0) is 0 Å². The molecule has 0 aliphatic rings. The highest BCUT2D eigenvalue weighted by molar-refractivity contribution is 5.47. The van der Waals surface area contributed by atoms with Crippen LogP contribution in [0.5, 0.6) is 0 Å². The number of nitrogens with two attached hydrogens (primary N) is 1. The Morgan fingerprint density at radius 3 is 2.32 bits per heavy atom. The van der Waals surface area contributed by atoms with Gasteiger partial charge in [0.15, 0.2) is 0 Å². The standard InChI is InChI=1S/C15H20FN3/c1-8-6-15(13(10(3)17)7-14(8)16)19-12(5)9(2)11(4)18-19/h6-7,10H,17H2,1-5H3. The Labute approximate surface area is 113 Å². The van der Waals surface area contributed by atoms with Gasteiger partial charge >= 0.3 is 0 Å². The van der Waals surface area contributed by atoms with Gasteiger partial charge in [-0.3, -0.25) is 0 Å². The molecule has 2 N–H and O–H groups in total. The van der Waals surface area contributed by atoms with Gasteiger partial charge in [0.2, 0.25) is 0 Å². The molecule has 1 aromatic heterocycles. The summed E-state index contributed by atoms with van der Waals surface area (Å²) in [6, 6.07) is 3.09. The van der Waals surface area contributed by atoms with Crippen molar-refractivity contribution in [1.29, 1.82) is 0 Å². The average molecular weight is 261 g/mol. The maximum atomic E-state index is 13.7. The Hall–Kier alpha value is -1.68. The van der Waals surface area contributed by atoms with Gasteiger partial charge in [0.25, 0.3) is 0 Å². The van der Waals surface area contributed by atoms with E-state index in [0.29, 0.717) is 5.56 Å². The van der Waals surface area contributed by atoms with Crippen molar-refractivity contribution in [2.45, 2.75) is 40.7 Å². The predicted molar refractivity (Wildman–Crippen MR) is 75.1 cm³/mol. The lowest BCUT2D eigenvalue weighted by Crippen LogP contribution is -2.12. The van der Waals surface area contributed by atoms with E-state index < -0.39 is 0 Å². The summed E-state index contributed by atoms with van der Waals surface area (Å²) in [6.45, 7) is 9.63. The van der Waals surface area contributed by atoms with Crippen molar-refractivity contribution in [3.8, 4) is 5.69 Å². The fraction of sp³-hybridized carbons (Fsp3) is 0.400. The lowest BCUT2D eigenvalue weighted by Gasteiger charge is -2.15. The summed E-state index contributed by atoms with van der Waals surface area (Å²) in [4.78, 5) is 0. The minimum atomic E-state index is -0.241. The normalized spacial score (nSPS) is 12.8. The van der Waals surface area contributed by atoms with Gasteiger partial charge in [-0.25, -0.2) is 9.07 Å². The van der Waals surface area contributed by atoms with Crippen LogP contribution >= 0.6 is 0 Å². The first kappa shape index (κ1) is 13.7. The summed E-state index contributed by atoms with van der Waals surface area (Å²) in [5.41, 5.74) is 11.4. The van der Waals surface area contributed by atoms with Gasteiger partial charge in [0, 0.05) is 11.7 Å². The van der Waals surface area contributed by atoms with Crippen LogP contribution in [0.25, 0.3) is 5.69 Å². The number of aromatic nitrogens is 2. The first-order valence-electron chi connectivity index (χ1n) is 6.41. The van der Waals surface area contributed by atoms with Crippen molar-refractivity contribution in [2.75, 3.05) is 0 Å². The number of hydrogen-bond donors (Lipinski definition) is 1. The molecule has 0 amide bonds. The van der Waals surface area contributed by atoms with Crippen LogP contribution < -0.4 is 5.73 Å². The number of hydrogen-bond acceptors (Lipinski definition) is 2. The van der Waals surface area contributed by atoms with E-state index in [0.717, 1.165) is 28.2 Å². The third-order valence-electron chi connectivity index (χ3n) is 3.68. The zero-order chi connectivity index (χ0) is 14.3. The number of rotatable bonds is 2. The summed E-state index contributed by atoms with van der Waals surface area (Å²) in [6.07, 6.45) is 0. The van der Waals surface area contributed by atoms with Gasteiger partial charge in [-0.05, 0) is 63.4 Å². The summed E-state index contributed by atoms with van der Waals surface area (Å²) < 4.78 is 15.6. The Balaban J connectivity index is 2.73. The average Bonchev–Trinajstić information content (AvgIpc) is 2.59. The Morgan fingerprint density at radius 2 is 1.84 bits per heavy atom. The molecule has 1 heterocycles. The Morgan fingerprint density at radius 1 is 1.21 bits per heavy atom. The topological polar surface area (TPSA) is 43.8 Å². The molecule has 0 bridgehead atoms. The molecular weight excluding hydrogens is 241 g/mol.